The van der Waals surface area contributed by atoms with Gasteiger partial charge in [0.25, 0.3) is 0 Å². The predicted octanol–water partition coefficient (Wildman–Crippen LogP) is 3.17. The molecule has 0 aliphatic rings. The van der Waals surface area contributed by atoms with Crippen molar-refractivity contribution in [3.63, 3.8) is 0 Å². The monoisotopic (exact) mass is 364 g/mol. The van der Waals surface area contributed by atoms with Gasteiger partial charge in [0.1, 0.15) is 12.4 Å². The zero-order valence-corrected chi connectivity index (χ0v) is 15.6. The molecule has 0 fully saturated rings. The molecule has 3 aromatic rings. The quantitative estimate of drug-likeness (QED) is 0.604. The number of benzene rings is 2. The average Bonchev–Trinajstić information content (AvgIpc) is 2.68. The summed E-state index contributed by atoms with van der Waals surface area (Å²) in [5.74, 6) is 1.95. The number of ether oxygens (including phenoxy) is 1. The number of aromatic nitrogens is 3. The van der Waals surface area contributed by atoms with E-state index >= 15 is 0 Å². The van der Waals surface area contributed by atoms with Crippen LogP contribution in [0.5, 0.6) is 5.75 Å². The van der Waals surface area contributed by atoms with E-state index in [1.807, 2.05) is 68.7 Å². The molecule has 0 aliphatic heterocycles. The highest BCUT2D eigenvalue weighted by Crippen LogP contribution is 2.19. The fourth-order valence-electron chi connectivity index (χ4n) is 2.35. The summed E-state index contributed by atoms with van der Waals surface area (Å²) in [4.78, 5) is 6.50. The summed E-state index contributed by atoms with van der Waals surface area (Å²) in [6.45, 7) is 2.20. The fourth-order valence-corrected chi connectivity index (χ4v) is 2.35. The summed E-state index contributed by atoms with van der Waals surface area (Å²) < 4.78 is 5.80. The van der Waals surface area contributed by atoms with Gasteiger partial charge in [-0.2, -0.15) is 10.1 Å². The fraction of sp³-hybridized carbons (Fsp3) is 0.250. The van der Waals surface area contributed by atoms with Gasteiger partial charge in [-0.15, -0.1) is 5.10 Å². The van der Waals surface area contributed by atoms with Crippen LogP contribution in [0.2, 0.25) is 0 Å². The first kappa shape index (κ1) is 18.6. The second kappa shape index (κ2) is 9.49. The number of rotatable bonds is 9. The summed E-state index contributed by atoms with van der Waals surface area (Å²) in [5.41, 5.74) is 2.04. The highest BCUT2D eigenvalue weighted by Gasteiger charge is 2.02. The minimum absolute atomic E-state index is 0.504. The molecule has 0 radical (unpaired) electrons. The first-order valence-electron chi connectivity index (χ1n) is 8.81. The molecule has 0 saturated carbocycles. The van der Waals surface area contributed by atoms with Crippen LogP contribution in [0.4, 0.5) is 17.5 Å². The molecule has 27 heavy (non-hydrogen) atoms. The van der Waals surface area contributed by atoms with Gasteiger partial charge in [0, 0.05) is 18.8 Å². The molecule has 140 valence electrons. The number of nitrogens with one attached hydrogen (secondary N) is 2. The molecule has 0 amide bonds. The van der Waals surface area contributed by atoms with Crippen molar-refractivity contribution in [1.82, 2.24) is 20.1 Å². The molecule has 0 aliphatic carbocycles. The van der Waals surface area contributed by atoms with Gasteiger partial charge in [0.2, 0.25) is 5.95 Å². The van der Waals surface area contributed by atoms with Crippen molar-refractivity contribution in [2.45, 2.75) is 6.61 Å². The topological polar surface area (TPSA) is 75.2 Å². The van der Waals surface area contributed by atoms with Crippen LogP contribution in [0.1, 0.15) is 5.56 Å². The first-order valence-corrected chi connectivity index (χ1v) is 8.81. The molecule has 0 atom stereocenters. The lowest BCUT2D eigenvalue weighted by Gasteiger charge is -2.11. The Morgan fingerprint density at radius 3 is 2.52 bits per heavy atom. The van der Waals surface area contributed by atoms with Crippen molar-refractivity contribution in [1.29, 1.82) is 0 Å². The van der Waals surface area contributed by atoms with E-state index in [2.05, 4.69) is 30.7 Å². The van der Waals surface area contributed by atoms with E-state index in [0.29, 0.717) is 18.4 Å². The molecule has 0 bridgehead atoms. The van der Waals surface area contributed by atoms with Crippen molar-refractivity contribution in [3.05, 3.63) is 66.4 Å². The van der Waals surface area contributed by atoms with Crippen LogP contribution >= 0.6 is 0 Å². The van der Waals surface area contributed by atoms with Gasteiger partial charge < -0.3 is 20.3 Å². The van der Waals surface area contributed by atoms with Gasteiger partial charge in [0.05, 0.1) is 6.20 Å². The maximum absolute atomic E-state index is 5.80. The SMILES string of the molecule is CN(C)CCNc1nncc(Nc2ccc(OCc3ccccc3)cc2)n1. The molecule has 0 spiro atoms. The van der Waals surface area contributed by atoms with E-state index < -0.39 is 0 Å². The Balaban J connectivity index is 1.53. The lowest BCUT2D eigenvalue weighted by Crippen LogP contribution is -2.21. The molecule has 2 N–H and O–H groups in total. The standard InChI is InChI=1S/C20H24N6O/c1-26(2)13-12-21-20-24-19(14-22-25-20)23-17-8-10-18(11-9-17)27-15-16-6-4-3-5-7-16/h3-11,14H,12-13,15H2,1-2H3,(H2,21,23,24,25). The number of nitrogens with zero attached hydrogens (tertiary/aromatic N) is 4. The van der Waals surface area contributed by atoms with Crippen LogP contribution < -0.4 is 15.4 Å². The zero-order valence-electron chi connectivity index (χ0n) is 15.6. The largest absolute Gasteiger partial charge is 0.489 e. The van der Waals surface area contributed by atoms with Crippen LogP contribution in [0.15, 0.2) is 60.8 Å². The van der Waals surface area contributed by atoms with E-state index in [4.69, 9.17) is 4.74 Å². The van der Waals surface area contributed by atoms with Gasteiger partial charge in [0.15, 0.2) is 5.82 Å². The smallest absolute Gasteiger partial charge is 0.244 e. The van der Waals surface area contributed by atoms with Crippen LogP contribution in [0.3, 0.4) is 0 Å². The Bertz CT molecular complexity index is 823. The van der Waals surface area contributed by atoms with E-state index in [1.165, 1.54) is 0 Å². The molecular weight excluding hydrogens is 340 g/mol. The highest BCUT2D eigenvalue weighted by atomic mass is 16.5. The minimum atomic E-state index is 0.504. The third kappa shape index (κ3) is 6.23. The average molecular weight is 364 g/mol. The normalized spacial score (nSPS) is 10.6. The predicted molar refractivity (Wildman–Crippen MR) is 107 cm³/mol. The third-order valence-electron chi connectivity index (χ3n) is 3.78. The van der Waals surface area contributed by atoms with Crippen LogP contribution in [-0.4, -0.2) is 47.3 Å². The van der Waals surface area contributed by atoms with Gasteiger partial charge >= 0.3 is 0 Å². The lowest BCUT2D eigenvalue weighted by molar-refractivity contribution is 0.306. The Morgan fingerprint density at radius 1 is 1.00 bits per heavy atom. The molecule has 3 rings (SSSR count). The number of hydrogen-bond acceptors (Lipinski definition) is 7. The summed E-state index contributed by atoms with van der Waals surface area (Å²) in [6.07, 6.45) is 1.59. The van der Waals surface area contributed by atoms with Crippen LogP contribution in [0.25, 0.3) is 0 Å². The Kier molecular flexibility index (Phi) is 6.54. The molecule has 0 unspecified atom stereocenters. The van der Waals surface area contributed by atoms with Crippen molar-refractivity contribution < 1.29 is 4.74 Å². The van der Waals surface area contributed by atoms with Crippen molar-refractivity contribution in [2.24, 2.45) is 0 Å². The van der Waals surface area contributed by atoms with Gasteiger partial charge in [-0.3, -0.25) is 0 Å². The van der Waals surface area contributed by atoms with Gasteiger partial charge in [-0.1, -0.05) is 30.3 Å². The Morgan fingerprint density at radius 2 is 1.78 bits per heavy atom. The van der Waals surface area contributed by atoms with E-state index in [9.17, 15) is 0 Å². The Hall–Kier alpha value is -3.19. The summed E-state index contributed by atoms with van der Waals surface area (Å²) in [7, 11) is 4.04. The van der Waals surface area contributed by atoms with Crippen molar-refractivity contribution in [2.75, 3.05) is 37.8 Å². The van der Waals surface area contributed by atoms with Crippen molar-refractivity contribution >= 4 is 17.5 Å². The maximum atomic E-state index is 5.80. The van der Waals surface area contributed by atoms with E-state index in [1.54, 1.807) is 6.20 Å². The highest BCUT2D eigenvalue weighted by molar-refractivity contribution is 5.57. The summed E-state index contributed by atoms with van der Waals surface area (Å²) in [6, 6.07) is 17.8. The number of likely N-dealkylation sites (N-methyl/N-ethyl adjacent to an activating group) is 1. The number of hydrogen-bond donors (Lipinski definition) is 2. The molecule has 7 heteroatoms. The summed E-state index contributed by atoms with van der Waals surface area (Å²) in [5, 5.41) is 14.4. The molecule has 1 aromatic heterocycles. The molecule has 7 nitrogen and oxygen atoms in total. The first-order chi connectivity index (χ1) is 13.2. The van der Waals surface area contributed by atoms with Crippen molar-refractivity contribution in [3.8, 4) is 5.75 Å². The second-order valence-corrected chi connectivity index (χ2v) is 6.32. The molecule has 2 aromatic carbocycles. The van der Waals surface area contributed by atoms with E-state index in [-0.39, 0.29) is 0 Å². The molecular formula is C20H24N6O. The molecule has 0 saturated heterocycles. The van der Waals surface area contributed by atoms with Gasteiger partial charge in [-0.25, -0.2) is 0 Å². The minimum Gasteiger partial charge on any atom is -0.489 e. The Labute approximate surface area is 159 Å². The van der Waals surface area contributed by atoms with Crippen LogP contribution in [-0.2, 0) is 6.61 Å². The third-order valence-corrected chi connectivity index (χ3v) is 3.78. The maximum Gasteiger partial charge on any atom is 0.244 e. The van der Waals surface area contributed by atoms with Gasteiger partial charge in [-0.05, 0) is 43.9 Å². The molecule has 1 heterocycles. The zero-order chi connectivity index (χ0) is 18.9. The lowest BCUT2D eigenvalue weighted by atomic mass is 10.2. The van der Waals surface area contributed by atoms with Crippen LogP contribution in [0, 0.1) is 0 Å². The second-order valence-electron chi connectivity index (χ2n) is 6.32. The summed E-state index contributed by atoms with van der Waals surface area (Å²) >= 11 is 0. The number of anilines is 3. The van der Waals surface area contributed by atoms with E-state index in [0.717, 1.165) is 30.1 Å².